The Morgan fingerprint density at radius 3 is 3.07 bits per heavy atom. The third kappa shape index (κ3) is 2.18. The fraction of sp³-hybridized carbons (Fsp3) is 0.556. The molecule has 0 aliphatic carbocycles. The van der Waals surface area contributed by atoms with Gasteiger partial charge in [0.05, 0.1) is 19.3 Å². The number of hydrogen-bond donors (Lipinski definition) is 1. The van der Waals surface area contributed by atoms with E-state index in [0.717, 1.165) is 25.6 Å². The van der Waals surface area contributed by atoms with Crippen molar-refractivity contribution >= 4 is 5.82 Å². The van der Waals surface area contributed by atoms with Crippen LogP contribution in [0, 0.1) is 0 Å². The molecule has 1 fully saturated rings. The van der Waals surface area contributed by atoms with Crippen molar-refractivity contribution in [3.05, 3.63) is 18.6 Å². The second kappa shape index (κ2) is 4.88. The van der Waals surface area contributed by atoms with E-state index in [-0.39, 0.29) is 6.15 Å². The van der Waals surface area contributed by atoms with Crippen molar-refractivity contribution in [2.24, 2.45) is 0 Å². The Morgan fingerprint density at radius 1 is 1.57 bits per heavy atom. The fourth-order valence-electron chi connectivity index (χ4n) is 1.52. The fourth-order valence-corrected chi connectivity index (χ4v) is 1.52. The Kier molecular flexibility index (Phi) is 3.79. The molecule has 0 bridgehead atoms. The molecule has 5 nitrogen and oxygen atoms in total. The molecule has 0 aromatic carbocycles. The van der Waals surface area contributed by atoms with Gasteiger partial charge in [-0.2, -0.15) is 0 Å². The number of rotatable bonds is 1. The average Bonchev–Trinajstić information content (AvgIpc) is 2.20. The van der Waals surface area contributed by atoms with Gasteiger partial charge in [0.25, 0.3) is 0 Å². The van der Waals surface area contributed by atoms with E-state index in [0.29, 0.717) is 6.04 Å². The Balaban J connectivity index is 0.000000980. The number of nitrogens with zero attached hydrogens (tertiary/aromatic N) is 3. The summed E-state index contributed by atoms with van der Waals surface area (Å²) in [5.41, 5.74) is 0. The summed E-state index contributed by atoms with van der Waals surface area (Å²) in [4.78, 5) is 10.3. The molecule has 1 atom stereocenters. The van der Waals surface area contributed by atoms with Crippen LogP contribution in [0.1, 0.15) is 6.92 Å². The second-order valence-electron chi connectivity index (χ2n) is 3.18. The summed E-state index contributed by atoms with van der Waals surface area (Å²) in [6, 6.07) is 2.34. The zero-order chi connectivity index (χ0) is 9.10. The molecule has 1 aliphatic heterocycles. The summed E-state index contributed by atoms with van der Waals surface area (Å²) in [6.07, 6.45) is 3.35. The minimum absolute atomic E-state index is 0. The normalized spacial score (nSPS) is 21.5. The zero-order valence-corrected chi connectivity index (χ0v) is 8.39. The maximum atomic E-state index is 5.35. The summed E-state index contributed by atoms with van der Waals surface area (Å²) in [5.74, 6) is 0.991. The average molecular weight is 196 g/mol. The van der Waals surface area contributed by atoms with Gasteiger partial charge in [0.1, 0.15) is 12.1 Å². The highest BCUT2D eigenvalue weighted by molar-refractivity contribution is 5.38. The highest BCUT2D eigenvalue weighted by atomic mass is 16.5. The molecule has 1 aromatic heterocycles. The molecule has 0 radical (unpaired) electrons. The van der Waals surface area contributed by atoms with E-state index in [2.05, 4.69) is 21.8 Å². The van der Waals surface area contributed by atoms with Crippen molar-refractivity contribution in [1.29, 1.82) is 0 Å². The van der Waals surface area contributed by atoms with Crippen LogP contribution in [0.4, 0.5) is 5.82 Å². The van der Waals surface area contributed by atoms with Crippen molar-refractivity contribution in [2.75, 3.05) is 24.7 Å². The summed E-state index contributed by atoms with van der Waals surface area (Å²) in [5, 5.41) is 0. The largest absolute Gasteiger partial charge is 0.377 e. The molecule has 1 aliphatic rings. The first kappa shape index (κ1) is 10.9. The lowest BCUT2D eigenvalue weighted by Crippen LogP contribution is -2.44. The molecule has 0 saturated carbocycles. The molecular formula is C9H16N4O. The molecule has 3 N–H and O–H groups in total. The van der Waals surface area contributed by atoms with E-state index < -0.39 is 0 Å². The van der Waals surface area contributed by atoms with Gasteiger partial charge in [-0.15, -0.1) is 0 Å². The molecule has 1 aromatic rings. The Morgan fingerprint density at radius 2 is 2.43 bits per heavy atom. The lowest BCUT2D eigenvalue weighted by molar-refractivity contribution is 0.0985. The molecule has 0 spiro atoms. The SMILES string of the molecule is CC1COCCN1c1ccncn1.N. The molecule has 78 valence electrons. The first-order valence-electron chi connectivity index (χ1n) is 4.48. The molecule has 2 rings (SSSR count). The Hall–Kier alpha value is -1.20. The number of hydrogen-bond acceptors (Lipinski definition) is 5. The van der Waals surface area contributed by atoms with Crippen LogP contribution in [0.25, 0.3) is 0 Å². The van der Waals surface area contributed by atoms with Crippen LogP contribution in [0.5, 0.6) is 0 Å². The van der Waals surface area contributed by atoms with Gasteiger partial charge in [0, 0.05) is 12.7 Å². The third-order valence-corrected chi connectivity index (χ3v) is 2.23. The first-order chi connectivity index (χ1) is 6.38. The molecule has 5 heteroatoms. The quantitative estimate of drug-likeness (QED) is 0.721. The molecule has 2 heterocycles. The van der Waals surface area contributed by atoms with E-state index >= 15 is 0 Å². The topological polar surface area (TPSA) is 73.2 Å². The van der Waals surface area contributed by atoms with Crippen molar-refractivity contribution in [3.8, 4) is 0 Å². The van der Waals surface area contributed by atoms with Crippen molar-refractivity contribution < 1.29 is 4.74 Å². The molecule has 1 saturated heterocycles. The van der Waals surface area contributed by atoms with Crippen molar-refractivity contribution in [3.63, 3.8) is 0 Å². The maximum absolute atomic E-state index is 5.35. The van der Waals surface area contributed by atoms with Crippen LogP contribution in [0.15, 0.2) is 18.6 Å². The standard InChI is InChI=1S/C9H13N3O.H3N/c1-8-6-13-5-4-12(8)9-2-3-10-7-11-9;/h2-3,7-8H,4-6H2,1H3;1H3. The van der Waals surface area contributed by atoms with Crippen LogP contribution >= 0.6 is 0 Å². The van der Waals surface area contributed by atoms with E-state index in [1.807, 2.05) is 6.07 Å². The third-order valence-electron chi connectivity index (χ3n) is 2.23. The molecular weight excluding hydrogens is 180 g/mol. The number of ether oxygens (including phenoxy) is 1. The lowest BCUT2D eigenvalue weighted by atomic mass is 10.2. The van der Waals surface area contributed by atoms with Crippen molar-refractivity contribution in [1.82, 2.24) is 16.1 Å². The smallest absolute Gasteiger partial charge is 0.132 e. The second-order valence-corrected chi connectivity index (χ2v) is 3.18. The number of anilines is 1. The summed E-state index contributed by atoms with van der Waals surface area (Å²) >= 11 is 0. The van der Waals surface area contributed by atoms with E-state index in [1.165, 1.54) is 0 Å². The van der Waals surface area contributed by atoms with E-state index in [9.17, 15) is 0 Å². The van der Waals surface area contributed by atoms with Gasteiger partial charge < -0.3 is 15.8 Å². The van der Waals surface area contributed by atoms with Crippen molar-refractivity contribution in [2.45, 2.75) is 13.0 Å². The zero-order valence-electron chi connectivity index (χ0n) is 8.39. The van der Waals surface area contributed by atoms with Crippen LogP contribution in [0.2, 0.25) is 0 Å². The van der Waals surface area contributed by atoms with Gasteiger partial charge in [0.15, 0.2) is 0 Å². The first-order valence-corrected chi connectivity index (χ1v) is 4.48. The molecule has 0 amide bonds. The molecule has 14 heavy (non-hydrogen) atoms. The van der Waals surface area contributed by atoms with Gasteiger partial charge in [0.2, 0.25) is 0 Å². The lowest BCUT2D eigenvalue weighted by Gasteiger charge is -2.33. The number of morpholine rings is 1. The highest BCUT2D eigenvalue weighted by Gasteiger charge is 2.19. The Bertz CT molecular complexity index is 267. The van der Waals surface area contributed by atoms with Crippen LogP contribution < -0.4 is 11.1 Å². The van der Waals surface area contributed by atoms with Gasteiger partial charge in [-0.3, -0.25) is 0 Å². The highest BCUT2D eigenvalue weighted by Crippen LogP contribution is 2.14. The molecule has 1 unspecified atom stereocenters. The maximum Gasteiger partial charge on any atom is 0.132 e. The predicted molar refractivity (Wildman–Crippen MR) is 54.7 cm³/mol. The van der Waals surface area contributed by atoms with Gasteiger partial charge in [-0.05, 0) is 13.0 Å². The summed E-state index contributed by atoms with van der Waals surface area (Å²) < 4.78 is 5.35. The summed E-state index contributed by atoms with van der Waals surface area (Å²) in [6.45, 7) is 4.62. The summed E-state index contributed by atoms with van der Waals surface area (Å²) in [7, 11) is 0. The van der Waals surface area contributed by atoms with Crippen LogP contribution in [0.3, 0.4) is 0 Å². The number of aromatic nitrogens is 2. The minimum Gasteiger partial charge on any atom is -0.377 e. The predicted octanol–water partition coefficient (Wildman–Crippen LogP) is 0.864. The monoisotopic (exact) mass is 196 g/mol. The minimum atomic E-state index is 0. The van der Waals surface area contributed by atoms with Gasteiger partial charge in [-0.25, -0.2) is 9.97 Å². The van der Waals surface area contributed by atoms with Gasteiger partial charge in [-0.1, -0.05) is 0 Å². The Labute approximate surface area is 83.7 Å². The van der Waals surface area contributed by atoms with Crippen LogP contribution in [-0.2, 0) is 4.74 Å². The van der Waals surface area contributed by atoms with Crippen LogP contribution in [-0.4, -0.2) is 35.8 Å². The van der Waals surface area contributed by atoms with E-state index in [4.69, 9.17) is 4.74 Å². The van der Waals surface area contributed by atoms with E-state index in [1.54, 1.807) is 12.5 Å². The van der Waals surface area contributed by atoms with Gasteiger partial charge >= 0.3 is 0 Å².